The maximum absolute atomic E-state index is 14.0. The third kappa shape index (κ3) is 3.96. The normalized spacial score (nSPS) is 12.2. The molecule has 0 radical (unpaired) electrons. The van der Waals surface area contributed by atoms with Gasteiger partial charge in [0.05, 0.1) is 0 Å². The Bertz CT molecular complexity index is 630. The summed E-state index contributed by atoms with van der Waals surface area (Å²) in [7, 11) is 1.84. The molecule has 2 aromatic carbocycles. The first kappa shape index (κ1) is 15.8. The first-order valence-electron chi connectivity index (χ1n) is 6.86. The summed E-state index contributed by atoms with van der Waals surface area (Å²) in [5.41, 5.74) is 2.81. The molecule has 0 aliphatic rings. The zero-order valence-corrected chi connectivity index (χ0v) is 13.2. The monoisotopic (exact) mass is 307 g/mol. The molecule has 2 nitrogen and oxygen atoms in total. The summed E-state index contributed by atoms with van der Waals surface area (Å²) in [4.78, 5) is 0. The van der Waals surface area contributed by atoms with Crippen LogP contribution in [-0.2, 0) is 6.61 Å². The van der Waals surface area contributed by atoms with Crippen LogP contribution in [0.25, 0.3) is 0 Å². The van der Waals surface area contributed by atoms with Gasteiger partial charge in [-0.3, -0.25) is 0 Å². The molecule has 1 unspecified atom stereocenters. The first-order chi connectivity index (χ1) is 10.0. The zero-order chi connectivity index (χ0) is 15.4. The second kappa shape index (κ2) is 6.92. The number of aryl methyl sites for hydroxylation is 1. The molecule has 2 aromatic rings. The second-order valence-corrected chi connectivity index (χ2v) is 5.49. The number of hydrogen-bond acceptors (Lipinski definition) is 2. The van der Waals surface area contributed by atoms with Gasteiger partial charge in [0.2, 0.25) is 0 Å². The van der Waals surface area contributed by atoms with Crippen LogP contribution < -0.4 is 10.1 Å². The van der Waals surface area contributed by atoms with Gasteiger partial charge in [0.25, 0.3) is 0 Å². The Morgan fingerprint density at radius 1 is 1.24 bits per heavy atom. The van der Waals surface area contributed by atoms with Crippen molar-refractivity contribution in [3.8, 4) is 5.75 Å². The molecule has 2 rings (SSSR count). The summed E-state index contributed by atoms with van der Waals surface area (Å²) in [5, 5.41) is 3.71. The Balaban J connectivity index is 2.10. The molecule has 1 atom stereocenters. The van der Waals surface area contributed by atoms with E-state index in [-0.39, 0.29) is 24.2 Å². The number of ether oxygens (including phenoxy) is 1. The van der Waals surface area contributed by atoms with Crippen LogP contribution in [0, 0.1) is 12.7 Å². The fourth-order valence-electron chi connectivity index (χ4n) is 2.00. The van der Waals surface area contributed by atoms with Crippen LogP contribution in [0.2, 0.25) is 5.02 Å². The molecule has 0 saturated heterocycles. The number of nitrogens with one attached hydrogen (secondary N) is 1. The topological polar surface area (TPSA) is 21.3 Å². The van der Waals surface area contributed by atoms with Crippen LogP contribution in [-0.4, -0.2) is 7.05 Å². The van der Waals surface area contributed by atoms with Crippen molar-refractivity contribution in [2.45, 2.75) is 26.5 Å². The maximum Gasteiger partial charge on any atom is 0.165 e. The molecular weight excluding hydrogens is 289 g/mol. The van der Waals surface area contributed by atoms with Crippen LogP contribution in [0.1, 0.15) is 29.7 Å². The Hall–Kier alpha value is -1.58. The van der Waals surface area contributed by atoms with Gasteiger partial charge in [-0.05, 0) is 50.2 Å². The van der Waals surface area contributed by atoms with Crippen LogP contribution in [0.5, 0.6) is 5.75 Å². The molecule has 21 heavy (non-hydrogen) atoms. The van der Waals surface area contributed by atoms with Gasteiger partial charge in [-0.1, -0.05) is 29.8 Å². The van der Waals surface area contributed by atoms with Gasteiger partial charge in [-0.15, -0.1) is 0 Å². The van der Waals surface area contributed by atoms with Crippen molar-refractivity contribution < 1.29 is 9.13 Å². The molecule has 0 aliphatic carbocycles. The van der Waals surface area contributed by atoms with E-state index in [1.165, 1.54) is 6.07 Å². The summed E-state index contributed by atoms with van der Waals surface area (Å²) in [6.45, 7) is 4.19. The van der Waals surface area contributed by atoms with E-state index in [2.05, 4.69) is 5.32 Å². The minimum Gasteiger partial charge on any atom is -0.486 e. The largest absolute Gasteiger partial charge is 0.486 e. The molecule has 0 saturated carbocycles. The van der Waals surface area contributed by atoms with Crippen molar-refractivity contribution in [1.82, 2.24) is 5.32 Å². The highest BCUT2D eigenvalue weighted by Crippen LogP contribution is 2.24. The molecule has 0 aromatic heterocycles. The molecule has 0 heterocycles. The highest BCUT2D eigenvalue weighted by Gasteiger charge is 2.09. The number of benzene rings is 2. The predicted molar refractivity (Wildman–Crippen MR) is 84.4 cm³/mol. The smallest absolute Gasteiger partial charge is 0.165 e. The van der Waals surface area contributed by atoms with E-state index in [4.69, 9.17) is 16.3 Å². The summed E-state index contributed by atoms with van der Waals surface area (Å²) in [6.07, 6.45) is 0. The standard InChI is InChI=1S/C17H19ClFNO/c1-11-4-5-14(15(18)8-11)10-21-17-7-6-13(9-16(17)19)12(2)20-3/h4-9,12,20H,10H2,1-3H3. The van der Waals surface area contributed by atoms with Gasteiger partial charge in [-0.2, -0.15) is 0 Å². The van der Waals surface area contributed by atoms with Crippen molar-refractivity contribution in [3.63, 3.8) is 0 Å². The highest BCUT2D eigenvalue weighted by atomic mass is 35.5. The first-order valence-corrected chi connectivity index (χ1v) is 7.23. The maximum atomic E-state index is 14.0. The van der Waals surface area contributed by atoms with E-state index in [1.807, 2.05) is 45.2 Å². The molecule has 0 spiro atoms. The van der Waals surface area contributed by atoms with Crippen LogP contribution in [0.15, 0.2) is 36.4 Å². The van der Waals surface area contributed by atoms with Gasteiger partial charge < -0.3 is 10.1 Å². The van der Waals surface area contributed by atoms with Gasteiger partial charge in [-0.25, -0.2) is 4.39 Å². The quantitative estimate of drug-likeness (QED) is 0.868. The average molecular weight is 308 g/mol. The Morgan fingerprint density at radius 2 is 2.00 bits per heavy atom. The minimum absolute atomic E-state index is 0.0973. The predicted octanol–water partition coefficient (Wildman–Crippen LogP) is 4.65. The van der Waals surface area contributed by atoms with Crippen molar-refractivity contribution in [1.29, 1.82) is 0 Å². The third-order valence-electron chi connectivity index (χ3n) is 3.48. The summed E-state index contributed by atoms with van der Waals surface area (Å²) in [5.74, 6) is -0.128. The molecule has 1 N–H and O–H groups in total. The molecule has 0 fully saturated rings. The molecule has 112 valence electrons. The fourth-order valence-corrected chi connectivity index (χ4v) is 2.28. The summed E-state index contributed by atoms with van der Waals surface area (Å²) < 4.78 is 19.6. The molecule has 0 aliphatic heterocycles. The third-order valence-corrected chi connectivity index (χ3v) is 3.83. The van der Waals surface area contributed by atoms with Crippen molar-refractivity contribution in [3.05, 3.63) is 63.9 Å². The highest BCUT2D eigenvalue weighted by molar-refractivity contribution is 6.31. The van der Waals surface area contributed by atoms with Crippen LogP contribution in [0.3, 0.4) is 0 Å². The molecule has 0 bridgehead atoms. The van der Waals surface area contributed by atoms with Gasteiger partial charge >= 0.3 is 0 Å². The van der Waals surface area contributed by atoms with E-state index < -0.39 is 0 Å². The lowest BCUT2D eigenvalue weighted by Crippen LogP contribution is -2.12. The SMILES string of the molecule is CNC(C)c1ccc(OCc2ccc(C)cc2Cl)c(F)c1. The molecule has 4 heteroatoms. The van der Waals surface area contributed by atoms with Crippen molar-refractivity contribution in [2.24, 2.45) is 0 Å². The Kier molecular flexibility index (Phi) is 5.21. The fraction of sp³-hybridized carbons (Fsp3) is 0.294. The van der Waals surface area contributed by atoms with Crippen LogP contribution in [0.4, 0.5) is 4.39 Å². The number of rotatable bonds is 5. The Morgan fingerprint density at radius 3 is 2.62 bits per heavy atom. The minimum atomic E-state index is -0.363. The van der Waals surface area contributed by atoms with Crippen molar-refractivity contribution in [2.75, 3.05) is 7.05 Å². The van der Waals surface area contributed by atoms with E-state index in [9.17, 15) is 4.39 Å². The van der Waals surface area contributed by atoms with E-state index in [0.717, 1.165) is 16.7 Å². The summed E-state index contributed by atoms with van der Waals surface area (Å²) in [6, 6.07) is 10.8. The summed E-state index contributed by atoms with van der Waals surface area (Å²) >= 11 is 6.14. The Labute approximate surface area is 129 Å². The van der Waals surface area contributed by atoms with Crippen molar-refractivity contribution >= 4 is 11.6 Å². The van der Waals surface area contributed by atoms with E-state index in [0.29, 0.717) is 5.02 Å². The lowest BCUT2D eigenvalue weighted by molar-refractivity contribution is 0.290. The number of halogens is 2. The number of hydrogen-bond donors (Lipinski definition) is 1. The van der Waals surface area contributed by atoms with E-state index in [1.54, 1.807) is 6.07 Å². The lowest BCUT2D eigenvalue weighted by atomic mass is 10.1. The second-order valence-electron chi connectivity index (χ2n) is 5.08. The average Bonchev–Trinajstić information content (AvgIpc) is 2.46. The lowest BCUT2D eigenvalue weighted by Gasteiger charge is -2.13. The molecule has 0 amide bonds. The zero-order valence-electron chi connectivity index (χ0n) is 12.4. The van der Waals surface area contributed by atoms with Gasteiger partial charge in [0, 0.05) is 16.6 Å². The van der Waals surface area contributed by atoms with Gasteiger partial charge in [0.15, 0.2) is 11.6 Å². The van der Waals surface area contributed by atoms with E-state index >= 15 is 0 Å². The van der Waals surface area contributed by atoms with Crippen LogP contribution >= 0.6 is 11.6 Å². The van der Waals surface area contributed by atoms with Gasteiger partial charge in [0.1, 0.15) is 6.61 Å². The molecular formula is C17H19ClFNO.